The molecule has 1 aliphatic rings. The molecule has 27 heavy (non-hydrogen) atoms. The van der Waals surface area contributed by atoms with Crippen LogP contribution in [-0.2, 0) is 14.8 Å². The summed E-state index contributed by atoms with van der Waals surface area (Å²) in [6.07, 6.45) is 0. The van der Waals surface area contributed by atoms with E-state index in [9.17, 15) is 13.2 Å². The van der Waals surface area contributed by atoms with Crippen LogP contribution in [0.15, 0.2) is 54.6 Å². The fourth-order valence-corrected chi connectivity index (χ4v) is 4.60. The van der Waals surface area contributed by atoms with Crippen LogP contribution in [0, 0.1) is 6.92 Å². The molecule has 1 heterocycles. The maximum Gasteiger partial charge on any atom is 0.243 e. The smallest absolute Gasteiger partial charge is 0.243 e. The highest BCUT2D eigenvalue weighted by Crippen LogP contribution is 2.19. The quantitative estimate of drug-likeness (QED) is 0.788. The first kappa shape index (κ1) is 19.4. The molecule has 0 saturated carbocycles. The molecule has 3 rings (SSSR count). The van der Waals surface area contributed by atoms with Crippen LogP contribution in [0.4, 0.5) is 11.4 Å². The van der Waals surface area contributed by atoms with Crippen molar-refractivity contribution in [3.8, 4) is 0 Å². The number of benzene rings is 2. The van der Waals surface area contributed by atoms with Crippen molar-refractivity contribution < 1.29 is 13.2 Å². The van der Waals surface area contributed by atoms with Crippen LogP contribution in [0.5, 0.6) is 0 Å². The highest BCUT2D eigenvalue weighted by atomic mass is 32.2. The Labute approximate surface area is 161 Å². The van der Waals surface area contributed by atoms with E-state index < -0.39 is 21.7 Å². The van der Waals surface area contributed by atoms with Gasteiger partial charge in [0.1, 0.15) is 5.75 Å². The minimum Gasteiger partial charge on any atom is -0.369 e. The molecule has 0 atom stereocenters. The van der Waals surface area contributed by atoms with Crippen molar-refractivity contribution in [1.82, 2.24) is 4.31 Å². The lowest BCUT2D eigenvalue weighted by atomic mass is 10.2. The summed E-state index contributed by atoms with van der Waals surface area (Å²) in [4.78, 5) is 16.0. The molecule has 0 aliphatic carbocycles. The first-order chi connectivity index (χ1) is 12.9. The zero-order chi connectivity index (χ0) is 19.4. The molecule has 2 aromatic carbocycles. The number of amides is 1. The van der Waals surface area contributed by atoms with Crippen LogP contribution < -0.4 is 9.80 Å². The lowest BCUT2D eigenvalue weighted by molar-refractivity contribution is -0.116. The fourth-order valence-electron chi connectivity index (χ4n) is 3.19. The Kier molecular flexibility index (Phi) is 5.82. The predicted octanol–water partition coefficient (Wildman–Crippen LogP) is 2.11. The molecule has 7 heteroatoms. The van der Waals surface area contributed by atoms with Crippen LogP contribution in [0.1, 0.15) is 5.56 Å². The number of carbonyl (C=O) groups excluding carboxylic acids is 1. The van der Waals surface area contributed by atoms with E-state index in [4.69, 9.17) is 0 Å². The standard InChI is InChI=1S/C20H25N3O3S/c1-17-7-6-10-19(15-17)22-11-13-23(14-12-22)27(25,26)16-20(24)21(2)18-8-4-3-5-9-18/h3-10,15H,11-14,16H2,1-2H3. The second-order valence-electron chi connectivity index (χ2n) is 6.77. The van der Waals surface area contributed by atoms with Crippen molar-refractivity contribution in [3.05, 3.63) is 60.2 Å². The number of aryl methyl sites for hydroxylation is 1. The third-order valence-corrected chi connectivity index (χ3v) is 6.59. The number of rotatable bonds is 5. The van der Waals surface area contributed by atoms with E-state index in [1.54, 1.807) is 19.2 Å². The first-order valence-electron chi connectivity index (χ1n) is 8.98. The third kappa shape index (κ3) is 4.67. The highest BCUT2D eigenvalue weighted by Gasteiger charge is 2.30. The average molecular weight is 388 g/mol. The van der Waals surface area contributed by atoms with E-state index in [0.717, 1.165) is 5.69 Å². The molecule has 0 unspecified atom stereocenters. The summed E-state index contributed by atoms with van der Waals surface area (Å²) in [7, 11) is -2.03. The summed E-state index contributed by atoms with van der Waals surface area (Å²) in [5.41, 5.74) is 2.96. The molecule has 0 spiro atoms. The van der Waals surface area contributed by atoms with Crippen LogP contribution in [-0.4, -0.2) is 57.6 Å². The number of piperazine rings is 1. The molecule has 1 amide bonds. The average Bonchev–Trinajstić information content (AvgIpc) is 2.68. The predicted molar refractivity (Wildman–Crippen MR) is 109 cm³/mol. The van der Waals surface area contributed by atoms with Crippen molar-refractivity contribution in [1.29, 1.82) is 0 Å². The monoisotopic (exact) mass is 387 g/mol. The van der Waals surface area contributed by atoms with Gasteiger partial charge in [-0.15, -0.1) is 0 Å². The van der Waals surface area contributed by atoms with E-state index in [2.05, 4.69) is 11.0 Å². The zero-order valence-corrected chi connectivity index (χ0v) is 16.5. The zero-order valence-electron chi connectivity index (χ0n) is 15.7. The van der Waals surface area contributed by atoms with Gasteiger partial charge in [0.25, 0.3) is 0 Å². The Morgan fingerprint density at radius 1 is 1.00 bits per heavy atom. The van der Waals surface area contributed by atoms with Crippen LogP contribution in [0.3, 0.4) is 0 Å². The van der Waals surface area contributed by atoms with Crippen LogP contribution in [0.25, 0.3) is 0 Å². The highest BCUT2D eigenvalue weighted by molar-refractivity contribution is 7.89. The number of nitrogens with zero attached hydrogens (tertiary/aromatic N) is 3. The molecular formula is C20H25N3O3S. The summed E-state index contributed by atoms with van der Waals surface area (Å²) in [5.74, 6) is -0.939. The molecular weight excluding hydrogens is 362 g/mol. The number of carbonyl (C=O) groups is 1. The van der Waals surface area contributed by atoms with E-state index in [-0.39, 0.29) is 0 Å². The molecule has 0 N–H and O–H groups in total. The maximum atomic E-state index is 12.7. The molecule has 144 valence electrons. The van der Waals surface area contributed by atoms with Gasteiger partial charge in [-0.25, -0.2) is 8.42 Å². The van der Waals surface area contributed by atoms with Crippen LogP contribution in [0.2, 0.25) is 0 Å². The van der Waals surface area contributed by atoms with Gasteiger partial charge >= 0.3 is 0 Å². The number of hydrogen-bond acceptors (Lipinski definition) is 4. The van der Waals surface area contributed by atoms with Gasteiger partial charge in [0.05, 0.1) is 0 Å². The summed E-state index contributed by atoms with van der Waals surface area (Å²) in [5, 5.41) is 0. The topological polar surface area (TPSA) is 60.9 Å². The van der Waals surface area contributed by atoms with Crippen molar-refractivity contribution in [3.63, 3.8) is 0 Å². The van der Waals surface area contributed by atoms with Gasteiger partial charge in [0.2, 0.25) is 15.9 Å². The molecule has 1 saturated heterocycles. The summed E-state index contributed by atoms with van der Waals surface area (Å²) in [6.45, 7) is 4.05. The molecule has 2 aromatic rings. The number of hydrogen-bond donors (Lipinski definition) is 0. The van der Waals surface area contributed by atoms with Crippen molar-refractivity contribution in [2.75, 3.05) is 48.8 Å². The van der Waals surface area contributed by atoms with Gasteiger partial charge < -0.3 is 9.80 Å². The number of para-hydroxylation sites is 1. The van der Waals surface area contributed by atoms with Crippen molar-refractivity contribution in [2.45, 2.75) is 6.92 Å². The second kappa shape index (κ2) is 8.10. The largest absolute Gasteiger partial charge is 0.369 e. The van der Waals surface area contributed by atoms with E-state index in [1.165, 1.54) is 14.8 Å². The Bertz CT molecular complexity index is 892. The van der Waals surface area contributed by atoms with Crippen LogP contribution >= 0.6 is 0 Å². The molecule has 1 aliphatic heterocycles. The summed E-state index contributed by atoms with van der Waals surface area (Å²) in [6, 6.07) is 17.2. The van der Waals surface area contributed by atoms with Gasteiger partial charge in [0.15, 0.2) is 0 Å². The maximum absolute atomic E-state index is 12.7. The minimum absolute atomic E-state index is 0.388. The minimum atomic E-state index is -3.63. The first-order valence-corrected chi connectivity index (χ1v) is 10.6. The van der Waals surface area contributed by atoms with Gasteiger partial charge in [0, 0.05) is 44.6 Å². The molecule has 0 bridgehead atoms. The van der Waals surface area contributed by atoms with Gasteiger partial charge in [-0.3, -0.25) is 4.79 Å². The summed E-state index contributed by atoms with van der Waals surface area (Å²) < 4.78 is 26.8. The van der Waals surface area contributed by atoms with E-state index >= 15 is 0 Å². The molecule has 6 nitrogen and oxygen atoms in total. The molecule has 0 aromatic heterocycles. The normalized spacial score (nSPS) is 15.6. The van der Waals surface area contributed by atoms with Gasteiger partial charge in [-0.2, -0.15) is 4.31 Å². The lowest BCUT2D eigenvalue weighted by Gasteiger charge is -2.35. The Hall–Kier alpha value is -2.38. The Morgan fingerprint density at radius 2 is 1.67 bits per heavy atom. The fraction of sp³-hybridized carbons (Fsp3) is 0.350. The summed E-state index contributed by atoms with van der Waals surface area (Å²) >= 11 is 0. The SMILES string of the molecule is Cc1cccc(N2CCN(S(=O)(=O)CC(=O)N(C)c3ccccc3)CC2)c1. The van der Waals surface area contributed by atoms with Crippen molar-refractivity contribution >= 4 is 27.3 Å². The Balaban J connectivity index is 1.60. The van der Waals surface area contributed by atoms with E-state index in [0.29, 0.717) is 31.9 Å². The Morgan fingerprint density at radius 3 is 2.30 bits per heavy atom. The third-order valence-electron chi connectivity index (χ3n) is 4.82. The molecule has 1 fully saturated rings. The van der Waals surface area contributed by atoms with Gasteiger partial charge in [-0.1, -0.05) is 30.3 Å². The van der Waals surface area contributed by atoms with E-state index in [1.807, 2.05) is 43.3 Å². The van der Waals surface area contributed by atoms with Crippen molar-refractivity contribution in [2.24, 2.45) is 0 Å². The second-order valence-corrected chi connectivity index (χ2v) is 8.74. The molecule has 0 radical (unpaired) electrons. The lowest BCUT2D eigenvalue weighted by Crippen LogP contribution is -2.50. The van der Waals surface area contributed by atoms with Gasteiger partial charge in [-0.05, 0) is 36.8 Å². The number of anilines is 2. The number of sulfonamides is 1.